The third-order valence-electron chi connectivity index (χ3n) is 5.50. The number of hydrogen-bond acceptors (Lipinski definition) is 7. The van der Waals surface area contributed by atoms with Crippen LogP contribution in [0.4, 0.5) is 0 Å². The Labute approximate surface area is 186 Å². The number of aliphatic hydroxyl groups excluding tert-OH is 1. The first-order valence-electron chi connectivity index (χ1n) is 10.4. The Morgan fingerprint density at radius 1 is 1.25 bits per heavy atom. The minimum absolute atomic E-state index is 0.0134. The number of carbonyl (C=O) groups excluding carboxylic acids is 3. The number of aliphatic hydroxyl groups is 1. The van der Waals surface area contributed by atoms with E-state index in [-0.39, 0.29) is 23.6 Å². The van der Waals surface area contributed by atoms with E-state index >= 15 is 0 Å². The SMILES string of the molecule is CCOC(=O)c1[nH]c(C)c(/C(O)=C2/C(=O)C(=O)N(CCN(C)C)C2c2ccncc2)c1C. The first kappa shape index (κ1) is 23.2. The summed E-state index contributed by atoms with van der Waals surface area (Å²) < 4.78 is 5.07. The number of hydrogen-bond donors (Lipinski definition) is 2. The highest BCUT2D eigenvalue weighted by atomic mass is 16.5. The van der Waals surface area contributed by atoms with E-state index in [0.29, 0.717) is 35.5 Å². The number of likely N-dealkylation sites (tertiary alicyclic amines) is 1. The number of ketones is 1. The molecule has 9 nitrogen and oxygen atoms in total. The van der Waals surface area contributed by atoms with Gasteiger partial charge < -0.3 is 24.6 Å². The van der Waals surface area contributed by atoms with E-state index in [1.54, 1.807) is 45.3 Å². The molecule has 3 heterocycles. The summed E-state index contributed by atoms with van der Waals surface area (Å²) in [5.74, 6) is -2.31. The van der Waals surface area contributed by atoms with Crippen molar-refractivity contribution in [2.24, 2.45) is 0 Å². The lowest BCUT2D eigenvalue weighted by molar-refractivity contribution is -0.140. The average molecular weight is 441 g/mol. The number of nitrogens with one attached hydrogen (secondary N) is 1. The molecule has 3 rings (SSSR count). The molecule has 1 aliphatic heterocycles. The minimum atomic E-state index is -0.766. The molecule has 0 saturated carbocycles. The highest BCUT2D eigenvalue weighted by Crippen LogP contribution is 2.40. The van der Waals surface area contributed by atoms with Crippen LogP contribution in [0.3, 0.4) is 0 Å². The molecular formula is C23H28N4O5. The van der Waals surface area contributed by atoms with Crippen molar-refractivity contribution in [3.8, 4) is 0 Å². The van der Waals surface area contributed by atoms with Crippen LogP contribution < -0.4 is 0 Å². The molecule has 0 bridgehead atoms. The molecule has 2 N–H and O–H groups in total. The summed E-state index contributed by atoms with van der Waals surface area (Å²) in [5.41, 5.74) is 2.12. The lowest BCUT2D eigenvalue weighted by atomic mass is 9.94. The number of aromatic amines is 1. The van der Waals surface area contributed by atoms with Gasteiger partial charge in [-0.2, -0.15) is 0 Å². The van der Waals surface area contributed by atoms with Gasteiger partial charge in [-0.25, -0.2) is 4.79 Å². The molecule has 0 aromatic carbocycles. The highest BCUT2D eigenvalue weighted by molar-refractivity contribution is 6.46. The van der Waals surface area contributed by atoms with Crippen molar-refractivity contribution in [2.45, 2.75) is 26.8 Å². The molecule has 0 aliphatic carbocycles. The van der Waals surface area contributed by atoms with Gasteiger partial charge in [-0.3, -0.25) is 14.6 Å². The maximum atomic E-state index is 13.1. The summed E-state index contributed by atoms with van der Waals surface area (Å²) in [6.45, 7) is 6.11. The normalized spacial score (nSPS) is 17.9. The van der Waals surface area contributed by atoms with E-state index in [1.165, 1.54) is 4.90 Å². The van der Waals surface area contributed by atoms with Crippen LogP contribution in [-0.2, 0) is 14.3 Å². The predicted molar refractivity (Wildman–Crippen MR) is 118 cm³/mol. The lowest BCUT2D eigenvalue weighted by Gasteiger charge is -2.26. The van der Waals surface area contributed by atoms with Crippen molar-refractivity contribution < 1.29 is 24.2 Å². The number of pyridine rings is 1. The van der Waals surface area contributed by atoms with E-state index in [2.05, 4.69) is 9.97 Å². The summed E-state index contributed by atoms with van der Waals surface area (Å²) in [5, 5.41) is 11.3. The van der Waals surface area contributed by atoms with Crippen molar-refractivity contribution in [3.63, 3.8) is 0 Å². The Morgan fingerprint density at radius 3 is 2.50 bits per heavy atom. The molecule has 1 fully saturated rings. The number of aromatic nitrogens is 2. The first-order valence-corrected chi connectivity index (χ1v) is 10.4. The first-order chi connectivity index (χ1) is 15.2. The average Bonchev–Trinajstić information content (AvgIpc) is 3.19. The number of H-pyrrole nitrogens is 1. The van der Waals surface area contributed by atoms with E-state index in [0.717, 1.165) is 0 Å². The summed E-state index contributed by atoms with van der Waals surface area (Å²) in [4.78, 5) is 48.6. The van der Waals surface area contributed by atoms with Gasteiger partial charge in [-0.1, -0.05) is 0 Å². The van der Waals surface area contributed by atoms with Gasteiger partial charge in [0, 0.05) is 36.7 Å². The van der Waals surface area contributed by atoms with Gasteiger partial charge in [0.25, 0.3) is 11.7 Å². The number of rotatable bonds is 7. The topological polar surface area (TPSA) is 116 Å². The third-order valence-corrected chi connectivity index (χ3v) is 5.50. The van der Waals surface area contributed by atoms with Gasteiger partial charge in [-0.05, 0) is 58.1 Å². The van der Waals surface area contributed by atoms with Crippen LogP contribution in [0.1, 0.15) is 45.8 Å². The number of carbonyl (C=O) groups is 3. The van der Waals surface area contributed by atoms with Gasteiger partial charge >= 0.3 is 5.97 Å². The van der Waals surface area contributed by atoms with Crippen LogP contribution in [0, 0.1) is 13.8 Å². The molecule has 1 atom stereocenters. The van der Waals surface area contributed by atoms with Gasteiger partial charge in [0.15, 0.2) is 0 Å². The maximum absolute atomic E-state index is 13.1. The zero-order valence-electron chi connectivity index (χ0n) is 18.9. The number of aryl methyl sites for hydroxylation is 1. The zero-order chi connectivity index (χ0) is 23.6. The maximum Gasteiger partial charge on any atom is 0.355 e. The summed E-state index contributed by atoms with van der Waals surface area (Å²) in [6, 6.07) is 2.67. The Bertz CT molecular complexity index is 1070. The Hall–Kier alpha value is -3.46. The molecule has 2 aromatic rings. The van der Waals surface area contributed by atoms with Gasteiger partial charge in [-0.15, -0.1) is 0 Å². The van der Waals surface area contributed by atoms with E-state index in [1.807, 2.05) is 19.0 Å². The number of ether oxygens (including phenoxy) is 1. The molecule has 170 valence electrons. The fourth-order valence-corrected chi connectivity index (χ4v) is 3.96. The van der Waals surface area contributed by atoms with Crippen molar-refractivity contribution in [1.82, 2.24) is 19.8 Å². The summed E-state index contributed by atoms with van der Waals surface area (Å²) >= 11 is 0. The molecule has 9 heteroatoms. The van der Waals surface area contributed by atoms with Crippen LogP contribution >= 0.6 is 0 Å². The quantitative estimate of drug-likeness (QED) is 0.293. The number of esters is 1. The molecule has 32 heavy (non-hydrogen) atoms. The number of amides is 1. The zero-order valence-corrected chi connectivity index (χ0v) is 18.9. The standard InChI is InChI=1S/C23H28N4O5/c1-6-32-23(31)18-13(2)16(14(3)25-18)20(28)17-19(15-7-9-24-10-8-15)27(12-11-26(4)5)22(30)21(17)29/h7-10,19,25,28H,6,11-12H2,1-5H3/b20-17-. The van der Waals surface area contributed by atoms with E-state index < -0.39 is 23.7 Å². The molecule has 1 aliphatic rings. The minimum Gasteiger partial charge on any atom is -0.507 e. The Morgan fingerprint density at radius 2 is 1.91 bits per heavy atom. The molecule has 0 spiro atoms. The molecule has 1 amide bonds. The molecule has 0 radical (unpaired) electrons. The molecule has 2 aromatic heterocycles. The van der Waals surface area contributed by atoms with Gasteiger partial charge in [0.1, 0.15) is 11.5 Å². The number of nitrogens with zero attached hydrogens (tertiary/aromatic N) is 3. The van der Waals surface area contributed by atoms with Gasteiger partial charge in [0.2, 0.25) is 0 Å². The van der Waals surface area contributed by atoms with E-state index in [9.17, 15) is 19.5 Å². The number of Topliss-reactive ketones (excluding diaryl/α,β-unsaturated/α-hetero) is 1. The molecule has 1 saturated heterocycles. The van der Waals surface area contributed by atoms with Crippen LogP contribution in [0.15, 0.2) is 30.1 Å². The van der Waals surface area contributed by atoms with Gasteiger partial charge in [0.05, 0.1) is 18.2 Å². The predicted octanol–water partition coefficient (Wildman–Crippen LogP) is 2.19. The number of likely N-dealkylation sites (N-methyl/N-ethyl adjacent to an activating group) is 1. The fourth-order valence-electron chi connectivity index (χ4n) is 3.96. The second-order valence-electron chi connectivity index (χ2n) is 7.92. The molecule has 1 unspecified atom stereocenters. The van der Waals surface area contributed by atoms with E-state index in [4.69, 9.17) is 4.74 Å². The second-order valence-corrected chi connectivity index (χ2v) is 7.92. The van der Waals surface area contributed by atoms with Crippen LogP contribution in [-0.4, -0.2) is 76.3 Å². The smallest absolute Gasteiger partial charge is 0.355 e. The van der Waals surface area contributed by atoms with Crippen LogP contribution in [0.5, 0.6) is 0 Å². The molecular weight excluding hydrogens is 412 g/mol. The fraction of sp³-hybridized carbons (Fsp3) is 0.391. The van der Waals surface area contributed by atoms with Crippen molar-refractivity contribution in [1.29, 1.82) is 0 Å². The summed E-state index contributed by atoms with van der Waals surface area (Å²) in [6.07, 6.45) is 3.15. The van der Waals surface area contributed by atoms with Crippen molar-refractivity contribution in [2.75, 3.05) is 33.8 Å². The van der Waals surface area contributed by atoms with Crippen molar-refractivity contribution >= 4 is 23.4 Å². The Kier molecular flexibility index (Phi) is 6.78. The second kappa shape index (κ2) is 9.35. The summed E-state index contributed by atoms with van der Waals surface area (Å²) in [7, 11) is 3.75. The van der Waals surface area contributed by atoms with Crippen molar-refractivity contribution in [3.05, 3.63) is 58.2 Å². The lowest BCUT2D eigenvalue weighted by Crippen LogP contribution is -2.35. The highest BCUT2D eigenvalue weighted by Gasteiger charge is 2.46. The Balaban J connectivity index is 2.18. The van der Waals surface area contributed by atoms with Crippen LogP contribution in [0.25, 0.3) is 5.76 Å². The monoisotopic (exact) mass is 440 g/mol. The van der Waals surface area contributed by atoms with Crippen LogP contribution in [0.2, 0.25) is 0 Å². The third kappa shape index (κ3) is 4.16. The largest absolute Gasteiger partial charge is 0.507 e.